The monoisotopic (exact) mass is 320 g/mol. The zero-order valence-electron chi connectivity index (χ0n) is 11.0. The molecule has 21 heavy (non-hydrogen) atoms. The van der Waals surface area contributed by atoms with E-state index in [1.807, 2.05) is 0 Å². The zero-order chi connectivity index (χ0) is 16.0. The van der Waals surface area contributed by atoms with Crippen LogP contribution < -0.4 is 5.14 Å². The second kappa shape index (κ2) is 4.81. The van der Waals surface area contributed by atoms with Gasteiger partial charge in [-0.1, -0.05) is 0 Å². The minimum Gasteiger partial charge on any atom is -0.479 e. The summed E-state index contributed by atoms with van der Waals surface area (Å²) in [5, 5.41) is 13.7. The van der Waals surface area contributed by atoms with Gasteiger partial charge in [0.25, 0.3) is 5.91 Å². The van der Waals surface area contributed by atoms with Gasteiger partial charge < -0.3 is 14.4 Å². The molecular formula is C11H13FN2O6S. The standard InChI is InChI=1S/C11H13FN2O6S/c1-6-8(21(13,18)19)4-7(20-6)9(15)14-3-2-11(12,5-14)10(16)17/h4H,2-3,5H2,1H3,(H,16,17)(H2,13,18,19). The van der Waals surface area contributed by atoms with Gasteiger partial charge in [0.05, 0.1) is 6.54 Å². The van der Waals surface area contributed by atoms with Gasteiger partial charge >= 0.3 is 5.97 Å². The molecule has 1 aromatic rings. The topological polar surface area (TPSA) is 131 Å². The molecule has 1 saturated heterocycles. The number of amides is 1. The minimum atomic E-state index is -4.04. The molecule has 0 saturated carbocycles. The summed E-state index contributed by atoms with van der Waals surface area (Å²) in [7, 11) is -4.04. The fourth-order valence-corrected chi connectivity index (χ4v) is 2.84. The summed E-state index contributed by atoms with van der Waals surface area (Å²) >= 11 is 0. The molecule has 1 amide bonds. The highest BCUT2D eigenvalue weighted by Gasteiger charge is 2.47. The second-order valence-electron chi connectivity index (χ2n) is 4.82. The van der Waals surface area contributed by atoms with Gasteiger partial charge in [0.1, 0.15) is 10.7 Å². The van der Waals surface area contributed by atoms with E-state index in [2.05, 4.69) is 0 Å². The summed E-state index contributed by atoms with van der Waals surface area (Å²) < 4.78 is 41.4. The highest BCUT2D eigenvalue weighted by Crippen LogP contribution is 2.28. The van der Waals surface area contributed by atoms with E-state index in [0.717, 1.165) is 11.0 Å². The van der Waals surface area contributed by atoms with Crippen molar-refractivity contribution in [1.29, 1.82) is 0 Å². The number of aliphatic carboxylic acids is 1. The van der Waals surface area contributed by atoms with Crippen LogP contribution in [0.2, 0.25) is 0 Å². The molecule has 1 aliphatic rings. The predicted molar refractivity (Wildman–Crippen MR) is 66.8 cm³/mol. The summed E-state index contributed by atoms with van der Waals surface area (Å²) in [4.78, 5) is 23.5. The van der Waals surface area contributed by atoms with Crippen LogP contribution in [0.15, 0.2) is 15.4 Å². The minimum absolute atomic E-state index is 0.0650. The Bertz CT molecular complexity index is 712. The van der Waals surface area contributed by atoms with Gasteiger partial charge in [-0.05, 0) is 6.92 Å². The Kier molecular flexibility index (Phi) is 3.54. The number of nitrogens with zero attached hydrogens (tertiary/aromatic N) is 1. The smallest absolute Gasteiger partial charge is 0.343 e. The molecular weight excluding hydrogens is 307 g/mol. The molecule has 116 valence electrons. The molecule has 1 aliphatic heterocycles. The van der Waals surface area contributed by atoms with E-state index in [1.165, 1.54) is 6.92 Å². The second-order valence-corrected chi connectivity index (χ2v) is 6.35. The van der Waals surface area contributed by atoms with Crippen LogP contribution in [0.3, 0.4) is 0 Å². The number of hydrogen-bond acceptors (Lipinski definition) is 5. The number of carbonyl (C=O) groups excluding carboxylic acids is 1. The molecule has 2 rings (SSSR count). The Balaban J connectivity index is 2.25. The number of furan rings is 1. The summed E-state index contributed by atoms with van der Waals surface area (Å²) in [5.74, 6) is -2.82. The normalized spacial score (nSPS) is 22.5. The maximum atomic E-state index is 13.9. The van der Waals surface area contributed by atoms with Crippen LogP contribution in [0.4, 0.5) is 4.39 Å². The van der Waals surface area contributed by atoms with Gasteiger partial charge in [-0.25, -0.2) is 22.7 Å². The van der Waals surface area contributed by atoms with Crippen molar-refractivity contribution >= 4 is 21.9 Å². The maximum Gasteiger partial charge on any atom is 0.343 e. The van der Waals surface area contributed by atoms with Crippen molar-refractivity contribution in [2.24, 2.45) is 5.14 Å². The lowest BCUT2D eigenvalue weighted by Crippen LogP contribution is -2.38. The molecule has 3 N–H and O–H groups in total. The van der Waals surface area contributed by atoms with Crippen molar-refractivity contribution in [2.75, 3.05) is 13.1 Å². The summed E-state index contributed by atoms with van der Waals surface area (Å²) in [6.07, 6.45) is -0.337. The van der Waals surface area contributed by atoms with Crippen molar-refractivity contribution < 1.29 is 31.9 Å². The Morgan fingerprint density at radius 2 is 2.14 bits per heavy atom. The van der Waals surface area contributed by atoms with Crippen molar-refractivity contribution in [3.05, 3.63) is 17.6 Å². The van der Waals surface area contributed by atoms with Gasteiger partial charge in [-0.2, -0.15) is 0 Å². The molecule has 0 bridgehead atoms. The molecule has 1 atom stereocenters. The molecule has 1 unspecified atom stereocenters. The number of carbonyl (C=O) groups is 2. The molecule has 2 heterocycles. The van der Waals surface area contributed by atoms with Crippen molar-refractivity contribution in [2.45, 2.75) is 23.9 Å². The lowest BCUT2D eigenvalue weighted by molar-refractivity contribution is -0.149. The van der Waals surface area contributed by atoms with E-state index < -0.39 is 34.1 Å². The number of primary sulfonamides is 1. The van der Waals surface area contributed by atoms with Gasteiger partial charge in [0.2, 0.25) is 15.7 Å². The van der Waals surface area contributed by atoms with E-state index in [-0.39, 0.29) is 29.4 Å². The van der Waals surface area contributed by atoms with Crippen molar-refractivity contribution in [1.82, 2.24) is 4.90 Å². The number of rotatable bonds is 3. The fourth-order valence-electron chi connectivity index (χ4n) is 2.13. The molecule has 10 heteroatoms. The largest absolute Gasteiger partial charge is 0.479 e. The molecule has 0 aliphatic carbocycles. The molecule has 0 spiro atoms. The fraction of sp³-hybridized carbons (Fsp3) is 0.455. The number of carboxylic acids is 1. The highest BCUT2D eigenvalue weighted by molar-refractivity contribution is 7.89. The highest BCUT2D eigenvalue weighted by atomic mass is 32.2. The molecule has 8 nitrogen and oxygen atoms in total. The number of aryl methyl sites for hydroxylation is 1. The van der Waals surface area contributed by atoms with E-state index in [0.29, 0.717) is 0 Å². The number of hydrogen-bond donors (Lipinski definition) is 2. The van der Waals surface area contributed by atoms with E-state index in [9.17, 15) is 22.4 Å². The summed E-state index contributed by atoms with van der Waals surface area (Å²) in [6, 6.07) is 0.950. The maximum absolute atomic E-state index is 13.9. The van der Waals surface area contributed by atoms with E-state index in [4.69, 9.17) is 14.7 Å². The third-order valence-electron chi connectivity index (χ3n) is 3.28. The first-order valence-corrected chi connectivity index (χ1v) is 7.44. The first-order valence-electron chi connectivity index (χ1n) is 5.89. The number of nitrogens with two attached hydrogens (primary N) is 1. The molecule has 1 aromatic heterocycles. The van der Waals surface area contributed by atoms with Gasteiger partial charge in [-0.3, -0.25) is 4.79 Å². The van der Waals surface area contributed by atoms with Crippen LogP contribution >= 0.6 is 0 Å². The Morgan fingerprint density at radius 1 is 1.52 bits per heavy atom. The Labute approximate surface area is 119 Å². The first kappa shape index (κ1) is 15.4. The third-order valence-corrected chi connectivity index (χ3v) is 4.30. The molecule has 0 aromatic carbocycles. The van der Waals surface area contributed by atoms with Crippen LogP contribution in [0.5, 0.6) is 0 Å². The van der Waals surface area contributed by atoms with E-state index >= 15 is 0 Å². The van der Waals surface area contributed by atoms with Crippen LogP contribution in [0.25, 0.3) is 0 Å². The average Bonchev–Trinajstić information content (AvgIpc) is 2.92. The lowest BCUT2D eigenvalue weighted by Gasteiger charge is -2.16. The van der Waals surface area contributed by atoms with Crippen LogP contribution in [-0.4, -0.2) is 49.1 Å². The lowest BCUT2D eigenvalue weighted by atomic mass is 10.1. The van der Waals surface area contributed by atoms with Gasteiger partial charge in [0, 0.05) is 19.0 Å². The number of alkyl halides is 1. The Morgan fingerprint density at radius 3 is 2.57 bits per heavy atom. The van der Waals surface area contributed by atoms with Gasteiger partial charge in [-0.15, -0.1) is 0 Å². The van der Waals surface area contributed by atoms with Crippen LogP contribution in [0.1, 0.15) is 22.7 Å². The average molecular weight is 320 g/mol. The SMILES string of the molecule is Cc1oc(C(=O)N2CCC(F)(C(=O)O)C2)cc1S(N)(=O)=O. The predicted octanol–water partition coefficient (Wildman–Crippen LogP) is -0.126. The van der Waals surface area contributed by atoms with Crippen molar-refractivity contribution in [3.8, 4) is 0 Å². The van der Waals surface area contributed by atoms with E-state index in [1.54, 1.807) is 0 Å². The quantitative estimate of drug-likeness (QED) is 0.798. The van der Waals surface area contributed by atoms with Gasteiger partial charge in [0.15, 0.2) is 5.76 Å². The molecule has 1 fully saturated rings. The first-order chi connectivity index (χ1) is 9.54. The number of halogens is 1. The Hall–Kier alpha value is -1.94. The third kappa shape index (κ3) is 2.76. The number of carboxylic acid groups (broad SMARTS) is 1. The van der Waals surface area contributed by atoms with Crippen LogP contribution in [-0.2, 0) is 14.8 Å². The summed E-state index contributed by atoms with van der Waals surface area (Å²) in [6.45, 7) is 0.592. The number of likely N-dealkylation sites (tertiary alicyclic amines) is 1. The molecule has 0 radical (unpaired) electrons. The van der Waals surface area contributed by atoms with Crippen LogP contribution in [0, 0.1) is 6.92 Å². The van der Waals surface area contributed by atoms with Crippen molar-refractivity contribution in [3.63, 3.8) is 0 Å². The number of sulfonamides is 1. The zero-order valence-corrected chi connectivity index (χ0v) is 11.8. The summed E-state index contributed by atoms with van der Waals surface area (Å²) in [5.41, 5.74) is -2.50.